The van der Waals surface area contributed by atoms with Crippen molar-refractivity contribution in [3.8, 4) is 12.3 Å². The van der Waals surface area contributed by atoms with Gasteiger partial charge in [-0.25, -0.2) is 0 Å². The molecule has 2 N–H and O–H groups in total. The highest BCUT2D eigenvalue weighted by Crippen LogP contribution is 2.63. The van der Waals surface area contributed by atoms with Crippen molar-refractivity contribution in [3.63, 3.8) is 0 Å². The lowest BCUT2D eigenvalue weighted by atomic mass is 9.54. The van der Waals surface area contributed by atoms with Gasteiger partial charge in [-0.2, -0.15) is 0 Å². The van der Waals surface area contributed by atoms with Gasteiger partial charge in [0.25, 0.3) is 0 Å². The van der Waals surface area contributed by atoms with E-state index in [4.69, 9.17) is 6.42 Å². The minimum Gasteiger partial charge on any atom is -0.390 e. The summed E-state index contributed by atoms with van der Waals surface area (Å²) in [6, 6.07) is 0. The van der Waals surface area contributed by atoms with Gasteiger partial charge in [0.2, 0.25) is 0 Å². The predicted molar refractivity (Wildman–Crippen MR) is 130 cm³/mol. The molecule has 2 heteroatoms. The van der Waals surface area contributed by atoms with Crippen molar-refractivity contribution in [1.82, 2.24) is 0 Å². The van der Waals surface area contributed by atoms with E-state index < -0.39 is 11.2 Å². The quantitative estimate of drug-likeness (QED) is 0.310. The fourth-order valence-corrected chi connectivity index (χ4v) is 7.74. The number of allylic oxidation sites excluding steroid dienone is 1. The van der Waals surface area contributed by atoms with Crippen molar-refractivity contribution < 1.29 is 10.2 Å². The summed E-state index contributed by atoms with van der Waals surface area (Å²) in [5.74, 6) is 6.41. The number of aliphatic hydroxyl groups is 2. The second kappa shape index (κ2) is 9.61. The molecule has 8 atom stereocenters. The van der Waals surface area contributed by atoms with Gasteiger partial charge in [0.05, 0.1) is 5.60 Å². The van der Waals surface area contributed by atoms with Gasteiger partial charge in [-0.3, -0.25) is 0 Å². The SMILES string of the molecule is C#C[C@](C)(O)CC[C@@H](C)[C@H]1CC[C@H]2[C@@H]3CC=C(C[C@@](C)(O)CCCC)C[C@H]3CC[C@]12C. The van der Waals surface area contributed by atoms with Gasteiger partial charge < -0.3 is 10.2 Å². The van der Waals surface area contributed by atoms with Crippen molar-refractivity contribution in [2.45, 2.75) is 123 Å². The van der Waals surface area contributed by atoms with Crippen LogP contribution < -0.4 is 0 Å². The molecule has 0 aliphatic heterocycles. The lowest BCUT2D eigenvalue weighted by Gasteiger charge is -2.51. The molecule has 2 nitrogen and oxygen atoms in total. The molecule has 3 aliphatic rings. The van der Waals surface area contributed by atoms with Crippen LogP contribution in [0.25, 0.3) is 0 Å². The van der Waals surface area contributed by atoms with E-state index in [-0.39, 0.29) is 0 Å². The first-order chi connectivity index (χ1) is 14.5. The molecule has 3 aliphatic carbocycles. The Kier molecular flexibility index (Phi) is 7.70. The van der Waals surface area contributed by atoms with Gasteiger partial charge in [-0.1, -0.05) is 51.2 Å². The van der Waals surface area contributed by atoms with E-state index in [9.17, 15) is 10.2 Å². The maximum atomic E-state index is 10.8. The van der Waals surface area contributed by atoms with Crippen molar-refractivity contribution >= 4 is 0 Å². The number of rotatable bonds is 9. The molecule has 0 aromatic rings. The van der Waals surface area contributed by atoms with Crippen molar-refractivity contribution in [2.75, 3.05) is 0 Å². The molecule has 0 aromatic carbocycles. The third-order valence-corrected chi connectivity index (χ3v) is 9.62. The zero-order chi connectivity index (χ0) is 22.9. The van der Waals surface area contributed by atoms with Gasteiger partial charge in [0.1, 0.15) is 5.60 Å². The van der Waals surface area contributed by atoms with E-state index in [1.165, 1.54) is 44.1 Å². The largest absolute Gasteiger partial charge is 0.390 e. The Hall–Kier alpha value is -0.780. The number of fused-ring (bicyclic) bond motifs is 3. The van der Waals surface area contributed by atoms with Gasteiger partial charge in [0.15, 0.2) is 0 Å². The first kappa shape index (κ1) is 24.9. The van der Waals surface area contributed by atoms with Crippen LogP contribution in [0, 0.1) is 47.3 Å². The standard InChI is InChI=1S/C29H48O2/c1-7-9-16-28(5,31)20-22-10-11-24-23(19-22)15-18-29(6)25(12-13-26(24)29)21(3)14-17-27(4,30)8-2/h2,10,21,23-26,30-31H,7,9,11-20H2,1,3-6H3/t21-,23-,24-,25-,26+,27+,28+,29-/m1/s1. The molecule has 31 heavy (non-hydrogen) atoms. The summed E-state index contributed by atoms with van der Waals surface area (Å²) >= 11 is 0. The van der Waals surface area contributed by atoms with E-state index in [1.54, 1.807) is 6.92 Å². The molecule has 3 rings (SSSR count). The normalized spacial score (nSPS) is 37.5. The smallest absolute Gasteiger partial charge is 0.122 e. The van der Waals surface area contributed by atoms with E-state index in [0.29, 0.717) is 17.8 Å². The number of terminal acetylenes is 1. The Morgan fingerprint density at radius 3 is 2.65 bits per heavy atom. The second-order valence-corrected chi connectivity index (χ2v) is 12.3. The van der Waals surface area contributed by atoms with Crippen LogP contribution in [-0.4, -0.2) is 21.4 Å². The van der Waals surface area contributed by atoms with Crippen LogP contribution >= 0.6 is 0 Å². The highest BCUT2D eigenvalue weighted by molar-refractivity contribution is 5.16. The molecule has 0 saturated heterocycles. The van der Waals surface area contributed by atoms with Gasteiger partial charge in [-0.15, -0.1) is 6.42 Å². The number of hydrogen-bond acceptors (Lipinski definition) is 2. The van der Waals surface area contributed by atoms with E-state index in [0.717, 1.165) is 55.8 Å². The lowest BCUT2D eigenvalue weighted by molar-refractivity contribution is -0.0114. The second-order valence-electron chi connectivity index (χ2n) is 12.3. The summed E-state index contributed by atoms with van der Waals surface area (Å²) < 4.78 is 0. The Morgan fingerprint density at radius 2 is 1.97 bits per heavy atom. The molecule has 0 unspecified atom stereocenters. The first-order valence-electron chi connectivity index (χ1n) is 13.1. The van der Waals surface area contributed by atoms with E-state index >= 15 is 0 Å². The fraction of sp³-hybridized carbons (Fsp3) is 0.862. The summed E-state index contributed by atoms with van der Waals surface area (Å²) in [6.07, 6.45) is 21.6. The Morgan fingerprint density at radius 1 is 1.23 bits per heavy atom. The average Bonchev–Trinajstić information content (AvgIpc) is 3.08. The minimum absolute atomic E-state index is 0.445. The summed E-state index contributed by atoms with van der Waals surface area (Å²) in [4.78, 5) is 0. The van der Waals surface area contributed by atoms with Crippen molar-refractivity contribution in [2.24, 2.45) is 35.0 Å². The summed E-state index contributed by atoms with van der Waals surface area (Å²) in [5.41, 5.74) is 0.463. The Balaban J connectivity index is 1.63. The molecule has 0 bridgehead atoms. The highest BCUT2D eigenvalue weighted by Gasteiger charge is 2.55. The monoisotopic (exact) mass is 428 g/mol. The third-order valence-electron chi connectivity index (χ3n) is 9.62. The first-order valence-corrected chi connectivity index (χ1v) is 13.1. The number of hydrogen-bond donors (Lipinski definition) is 2. The highest BCUT2D eigenvalue weighted by atomic mass is 16.3. The average molecular weight is 429 g/mol. The maximum absolute atomic E-state index is 10.8. The van der Waals surface area contributed by atoms with Gasteiger partial charge in [-0.05, 0) is 113 Å². The molecule has 0 heterocycles. The Labute approximate surface area is 192 Å². The molecule has 0 spiro atoms. The van der Waals surface area contributed by atoms with E-state index in [1.807, 2.05) is 6.92 Å². The van der Waals surface area contributed by atoms with Crippen LogP contribution in [0.15, 0.2) is 11.6 Å². The molecule has 2 saturated carbocycles. The molecular weight excluding hydrogens is 380 g/mol. The fourth-order valence-electron chi connectivity index (χ4n) is 7.74. The minimum atomic E-state index is -0.965. The third kappa shape index (κ3) is 5.59. The topological polar surface area (TPSA) is 40.5 Å². The zero-order valence-corrected chi connectivity index (χ0v) is 20.9. The summed E-state index contributed by atoms with van der Waals surface area (Å²) in [7, 11) is 0. The van der Waals surface area contributed by atoms with Gasteiger partial charge in [0, 0.05) is 0 Å². The van der Waals surface area contributed by atoms with E-state index in [2.05, 4.69) is 32.8 Å². The van der Waals surface area contributed by atoms with Crippen LogP contribution in [0.1, 0.15) is 112 Å². The molecule has 0 radical (unpaired) electrons. The lowest BCUT2D eigenvalue weighted by Crippen LogP contribution is -2.44. The zero-order valence-electron chi connectivity index (χ0n) is 20.9. The predicted octanol–water partition coefficient (Wildman–Crippen LogP) is 6.90. The molecule has 2 fully saturated rings. The Bertz CT molecular complexity index is 681. The van der Waals surface area contributed by atoms with Crippen LogP contribution in [-0.2, 0) is 0 Å². The van der Waals surface area contributed by atoms with Crippen LogP contribution in [0.4, 0.5) is 0 Å². The van der Waals surface area contributed by atoms with Gasteiger partial charge >= 0.3 is 0 Å². The van der Waals surface area contributed by atoms with Crippen LogP contribution in [0.2, 0.25) is 0 Å². The molecule has 0 aromatic heterocycles. The molecule has 176 valence electrons. The summed E-state index contributed by atoms with van der Waals surface area (Å²) in [6.45, 7) is 11.0. The molecular formula is C29H48O2. The van der Waals surface area contributed by atoms with Crippen molar-refractivity contribution in [1.29, 1.82) is 0 Å². The summed E-state index contributed by atoms with van der Waals surface area (Å²) in [5, 5.41) is 21.1. The maximum Gasteiger partial charge on any atom is 0.122 e. The molecule has 0 amide bonds. The van der Waals surface area contributed by atoms with Crippen LogP contribution in [0.5, 0.6) is 0 Å². The van der Waals surface area contributed by atoms with Crippen molar-refractivity contribution in [3.05, 3.63) is 11.6 Å². The number of unbranched alkanes of at least 4 members (excludes halogenated alkanes) is 1. The van der Waals surface area contributed by atoms with Crippen LogP contribution in [0.3, 0.4) is 0 Å².